The van der Waals surface area contributed by atoms with Gasteiger partial charge in [0.2, 0.25) is 0 Å². The standard InChI is InChI=1S/C20H16N4O/c1-14-5-4-7-16(11-14)23-17-9-10-22-19(12-17)20(25)24-18-8-3-2-6-15(18)13-21/h2-12H,1H3,(H,22,23)(H,24,25). The molecular formula is C20H16N4O. The third-order valence-electron chi connectivity index (χ3n) is 3.60. The van der Waals surface area contributed by atoms with E-state index in [-0.39, 0.29) is 11.6 Å². The van der Waals surface area contributed by atoms with Crippen molar-refractivity contribution >= 4 is 23.0 Å². The molecule has 0 saturated carbocycles. The van der Waals surface area contributed by atoms with E-state index < -0.39 is 0 Å². The number of rotatable bonds is 4. The SMILES string of the molecule is Cc1cccc(Nc2ccnc(C(=O)Nc3ccccc3C#N)c2)c1. The maximum absolute atomic E-state index is 12.4. The first-order valence-corrected chi connectivity index (χ1v) is 7.76. The Labute approximate surface area is 146 Å². The van der Waals surface area contributed by atoms with Gasteiger partial charge in [0.05, 0.1) is 11.3 Å². The number of aryl methyl sites for hydroxylation is 1. The molecule has 2 N–H and O–H groups in total. The maximum Gasteiger partial charge on any atom is 0.274 e. The lowest BCUT2D eigenvalue weighted by Crippen LogP contribution is -2.14. The third-order valence-corrected chi connectivity index (χ3v) is 3.60. The number of para-hydroxylation sites is 1. The lowest BCUT2D eigenvalue weighted by Gasteiger charge is -2.09. The van der Waals surface area contributed by atoms with E-state index in [9.17, 15) is 4.79 Å². The van der Waals surface area contributed by atoms with Crippen LogP contribution in [0.4, 0.5) is 17.1 Å². The van der Waals surface area contributed by atoms with Gasteiger partial charge in [-0.05, 0) is 48.9 Å². The van der Waals surface area contributed by atoms with Gasteiger partial charge in [0.25, 0.3) is 5.91 Å². The second-order valence-corrected chi connectivity index (χ2v) is 5.54. The van der Waals surface area contributed by atoms with Crippen LogP contribution in [-0.4, -0.2) is 10.9 Å². The minimum Gasteiger partial charge on any atom is -0.355 e. The van der Waals surface area contributed by atoms with E-state index in [4.69, 9.17) is 5.26 Å². The first-order valence-electron chi connectivity index (χ1n) is 7.76. The summed E-state index contributed by atoms with van der Waals surface area (Å²) in [7, 11) is 0. The van der Waals surface area contributed by atoms with Crippen LogP contribution in [0.5, 0.6) is 0 Å². The lowest BCUT2D eigenvalue weighted by molar-refractivity contribution is 0.102. The molecule has 0 unspecified atom stereocenters. The molecular weight excluding hydrogens is 312 g/mol. The number of carbonyl (C=O) groups excluding carboxylic acids is 1. The molecule has 0 saturated heterocycles. The zero-order chi connectivity index (χ0) is 17.6. The quantitative estimate of drug-likeness (QED) is 0.750. The van der Waals surface area contributed by atoms with Crippen molar-refractivity contribution in [1.29, 1.82) is 5.26 Å². The number of nitriles is 1. The summed E-state index contributed by atoms with van der Waals surface area (Å²) in [4.78, 5) is 16.5. The van der Waals surface area contributed by atoms with Crippen LogP contribution in [0.15, 0.2) is 66.9 Å². The highest BCUT2D eigenvalue weighted by molar-refractivity contribution is 6.04. The smallest absolute Gasteiger partial charge is 0.274 e. The van der Waals surface area contributed by atoms with Gasteiger partial charge in [0.1, 0.15) is 11.8 Å². The van der Waals surface area contributed by atoms with Gasteiger partial charge in [-0.3, -0.25) is 9.78 Å². The average Bonchev–Trinajstić information content (AvgIpc) is 2.62. The number of hydrogen-bond acceptors (Lipinski definition) is 4. The minimum atomic E-state index is -0.365. The van der Waals surface area contributed by atoms with Crippen LogP contribution in [0.3, 0.4) is 0 Å². The van der Waals surface area contributed by atoms with Crippen molar-refractivity contribution in [3.05, 3.63) is 83.7 Å². The molecule has 5 nitrogen and oxygen atoms in total. The molecule has 2 aromatic carbocycles. The second kappa shape index (κ2) is 7.28. The normalized spacial score (nSPS) is 9.92. The number of nitrogens with zero attached hydrogens (tertiary/aromatic N) is 2. The Bertz CT molecular complexity index is 960. The predicted octanol–water partition coefficient (Wildman–Crippen LogP) is 4.26. The molecule has 3 rings (SSSR count). The van der Waals surface area contributed by atoms with E-state index in [1.54, 1.807) is 42.6 Å². The van der Waals surface area contributed by atoms with Crippen molar-refractivity contribution in [3.63, 3.8) is 0 Å². The summed E-state index contributed by atoms with van der Waals surface area (Å²) in [6, 6.07) is 20.3. The molecule has 25 heavy (non-hydrogen) atoms. The Balaban J connectivity index is 1.79. The van der Waals surface area contributed by atoms with Crippen LogP contribution < -0.4 is 10.6 Å². The Morgan fingerprint density at radius 2 is 1.84 bits per heavy atom. The zero-order valence-corrected chi connectivity index (χ0v) is 13.7. The summed E-state index contributed by atoms with van der Waals surface area (Å²) >= 11 is 0. The van der Waals surface area contributed by atoms with Crippen molar-refractivity contribution in [2.45, 2.75) is 6.92 Å². The Hall–Kier alpha value is -3.65. The van der Waals surface area contributed by atoms with Crippen molar-refractivity contribution in [3.8, 4) is 6.07 Å². The molecule has 122 valence electrons. The number of aromatic nitrogens is 1. The molecule has 1 heterocycles. The molecule has 0 aliphatic heterocycles. The molecule has 0 aliphatic carbocycles. The fourth-order valence-corrected chi connectivity index (χ4v) is 2.40. The monoisotopic (exact) mass is 328 g/mol. The topological polar surface area (TPSA) is 77.8 Å². The van der Waals surface area contributed by atoms with Crippen LogP contribution in [-0.2, 0) is 0 Å². The largest absolute Gasteiger partial charge is 0.355 e. The number of hydrogen-bond donors (Lipinski definition) is 2. The summed E-state index contributed by atoms with van der Waals surface area (Å²) in [6.07, 6.45) is 1.57. The van der Waals surface area contributed by atoms with Gasteiger partial charge in [-0.1, -0.05) is 24.3 Å². The number of nitrogens with one attached hydrogen (secondary N) is 2. The molecule has 0 bridgehead atoms. The number of benzene rings is 2. The van der Waals surface area contributed by atoms with Crippen molar-refractivity contribution in [2.24, 2.45) is 0 Å². The summed E-state index contributed by atoms with van der Waals surface area (Å²) < 4.78 is 0. The van der Waals surface area contributed by atoms with E-state index >= 15 is 0 Å². The highest BCUT2D eigenvalue weighted by Gasteiger charge is 2.11. The van der Waals surface area contributed by atoms with E-state index in [0.29, 0.717) is 11.3 Å². The molecule has 0 atom stereocenters. The highest BCUT2D eigenvalue weighted by Crippen LogP contribution is 2.19. The molecule has 0 spiro atoms. The highest BCUT2D eigenvalue weighted by atomic mass is 16.1. The number of amides is 1. The molecule has 0 fully saturated rings. The zero-order valence-electron chi connectivity index (χ0n) is 13.7. The maximum atomic E-state index is 12.4. The van der Waals surface area contributed by atoms with Crippen LogP contribution in [0.2, 0.25) is 0 Å². The van der Waals surface area contributed by atoms with Gasteiger partial charge in [0, 0.05) is 17.6 Å². The minimum absolute atomic E-state index is 0.269. The van der Waals surface area contributed by atoms with Crippen LogP contribution in [0.1, 0.15) is 21.6 Å². The molecule has 3 aromatic rings. The second-order valence-electron chi connectivity index (χ2n) is 5.54. The lowest BCUT2D eigenvalue weighted by atomic mass is 10.2. The van der Waals surface area contributed by atoms with Crippen LogP contribution in [0, 0.1) is 18.3 Å². The van der Waals surface area contributed by atoms with Gasteiger partial charge in [-0.25, -0.2) is 0 Å². The Morgan fingerprint density at radius 1 is 1.04 bits per heavy atom. The Morgan fingerprint density at radius 3 is 2.64 bits per heavy atom. The Kier molecular flexibility index (Phi) is 4.72. The summed E-state index contributed by atoms with van der Waals surface area (Å²) in [5, 5.41) is 15.1. The van der Waals surface area contributed by atoms with Crippen LogP contribution in [0.25, 0.3) is 0 Å². The van der Waals surface area contributed by atoms with Gasteiger partial charge in [-0.15, -0.1) is 0 Å². The summed E-state index contributed by atoms with van der Waals surface area (Å²) in [5.41, 5.74) is 3.99. The molecule has 1 amide bonds. The number of carbonyl (C=O) groups is 1. The average molecular weight is 328 g/mol. The van der Waals surface area contributed by atoms with E-state index in [2.05, 4.69) is 21.7 Å². The molecule has 0 aliphatic rings. The van der Waals surface area contributed by atoms with Crippen molar-refractivity contribution in [1.82, 2.24) is 4.98 Å². The summed E-state index contributed by atoms with van der Waals surface area (Å²) in [6.45, 7) is 2.02. The fourth-order valence-electron chi connectivity index (χ4n) is 2.40. The van der Waals surface area contributed by atoms with Gasteiger partial charge in [-0.2, -0.15) is 5.26 Å². The fraction of sp³-hybridized carbons (Fsp3) is 0.0500. The molecule has 5 heteroatoms. The van der Waals surface area contributed by atoms with E-state index in [1.807, 2.05) is 31.2 Å². The predicted molar refractivity (Wildman–Crippen MR) is 97.8 cm³/mol. The van der Waals surface area contributed by atoms with E-state index in [1.165, 1.54) is 0 Å². The van der Waals surface area contributed by atoms with Gasteiger partial charge >= 0.3 is 0 Å². The first-order chi connectivity index (χ1) is 12.2. The van der Waals surface area contributed by atoms with Gasteiger partial charge in [0.15, 0.2) is 0 Å². The van der Waals surface area contributed by atoms with Crippen molar-refractivity contribution < 1.29 is 4.79 Å². The first kappa shape index (κ1) is 16.2. The van der Waals surface area contributed by atoms with Crippen LogP contribution >= 0.6 is 0 Å². The molecule has 0 radical (unpaired) electrons. The number of pyridine rings is 1. The third kappa shape index (κ3) is 4.01. The van der Waals surface area contributed by atoms with Gasteiger partial charge < -0.3 is 10.6 Å². The van der Waals surface area contributed by atoms with E-state index in [0.717, 1.165) is 16.9 Å². The summed E-state index contributed by atoms with van der Waals surface area (Å²) in [5.74, 6) is -0.365. The van der Waals surface area contributed by atoms with Crippen molar-refractivity contribution in [2.75, 3.05) is 10.6 Å². The number of anilines is 3. The molecule has 1 aromatic heterocycles.